The van der Waals surface area contributed by atoms with Crippen molar-refractivity contribution in [3.63, 3.8) is 0 Å². The van der Waals surface area contributed by atoms with E-state index < -0.39 is 0 Å². The Morgan fingerprint density at radius 3 is 1.55 bits per heavy atom. The van der Waals surface area contributed by atoms with Crippen LogP contribution in [-0.2, 0) is 55.6 Å². The largest absolute Gasteiger partial charge is 0.481 e. The number of alkyl halides is 2. The number of carbonyl (C=O) groups is 1. The number of nitrogens with one attached hydrogen (secondary N) is 3. The number of hydrogen-bond donors (Lipinski definition) is 4. The summed E-state index contributed by atoms with van der Waals surface area (Å²) in [5.74, 6) is 7.79. The van der Waals surface area contributed by atoms with Crippen molar-refractivity contribution in [1.82, 2.24) is 45.4 Å². The molecule has 10 heterocycles. The number of anilines is 2. The summed E-state index contributed by atoms with van der Waals surface area (Å²) in [5, 5.41) is 18.6. The Labute approximate surface area is 535 Å². The molecule has 4 aromatic heterocycles. The second-order valence-corrected chi connectivity index (χ2v) is 21.9. The molecule has 20 nitrogen and oxygen atoms in total. The zero-order valence-corrected chi connectivity index (χ0v) is 53.3. The first-order valence-corrected chi connectivity index (χ1v) is 30.0. The van der Waals surface area contributed by atoms with Gasteiger partial charge in [0.05, 0.1) is 104 Å². The van der Waals surface area contributed by atoms with Crippen LogP contribution in [-0.4, -0.2) is 117 Å². The van der Waals surface area contributed by atoms with Gasteiger partial charge in [0.25, 0.3) is 0 Å². The highest BCUT2D eigenvalue weighted by Gasteiger charge is 2.45. The number of ether oxygens (including phenoxy) is 6. The zero-order chi connectivity index (χ0) is 60.9. The number of nitrogens with zero attached hydrogens (tertiary/aromatic N) is 9. The fourth-order valence-electron chi connectivity index (χ4n) is 11.2. The van der Waals surface area contributed by atoms with Crippen LogP contribution in [0.15, 0.2) is 133 Å². The lowest BCUT2D eigenvalue weighted by atomic mass is 9.84. The molecule has 6 aliphatic rings. The molecule has 0 unspecified atom stereocenters. The average molecular weight is 1280 g/mol. The molecule has 6 aliphatic heterocycles. The highest BCUT2D eigenvalue weighted by atomic mass is 35.5. The van der Waals surface area contributed by atoms with E-state index in [1.165, 1.54) is 40.3 Å². The maximum atomic E-state index is 9.58. The molecule has 3 spiro atoms. The van der Waals surface area contributed by atoms with Crippen LogP contribution in [0.25, 0.3) is 5.69 Å². The number of likely N-dealkylation sites (tertiary alicyclic amines) is 1. The molecule has 0 aliphatic carbocycles. The quantitative estimate of drug-likeness (QED) is 0.0291. The van der Waals surface area contributed by atoms with Crippen LogP contribution in [0.5, 0.6) is 17.6 Å². The molecule has 1 amide bonds. The summed E-state index contributed by atoms with van der Waals surface area (Å²) in [6, 6.07) is 36.8. The maximum absolute atomic E-state index is 9.58. The molecule has 0 radical (unpaired) electrons. The number of aliphatic imine (C=N–C) groups is 1. The van der Waals surface area contributed by atoms with Gasteiger partial charge in [0.2, 0.25) is 29.5 Å². The van der Waals surface area contributed by atoms with Gasteiger partial charge >= 0.3 is 0 Å². The molecule has 5 N–H and O–H groups in total. The third-order valence-electron chi connectivity index (χ3n) is 15.7. The van der Waals surface area contributed by atoms with Gasteiger partial charge in [0, 0.05) is 51.3 Å². The number of fused-ring (bicyclic) bond motifs is 6. The van der Waals surface area contributed by atoms with Gasteiger partial charge in [0.15, 0.2) is 5.11 Å². The number of carbonyl (C=O) groups excluding carboxylic acids is 1. The summed E-state index contributed by atoms with van der Waals surface area (Å²) in [4.78, 5) is 30.2. The lowest BCUT2D eigenvalue weighted by molar-refractivity contribution is -0.119. The number of hydrazine groups is 1. The minimum atomic E-state index is -0.218. The Bertz CT molecular complexity index is 3350. The number of thiocarbonyl (C=S) groups is 2. The smallest absolute Gasteiger partial charge is 0.231 e. The Morgan fingerprint density at radius 2 is 1.13 bits per heavy atom. The van der Waals surface area contributed by atoms with E-state index in [1.54, 1.807) is 52.1 Å². The first kappa shape index (κ1) is 67.6. The van der Waals surface area contributed by atoms with Crippen molar-refractivity contribution in [2.24, 2.45) is 10.8 Å². The number of hydrogen-bond acceptors (Lipinski definition) is 18. The number of amides is 1. The van der Waals surface area contributed by atoms with E-state index in [2.05, 4.69) is 147 Å². The number of benzene rings is 3. The number of pyridine rings is 3. The number of rotatable bonds is 7. The zero-order valence-electron chi connectivity index (χ0n) is 49.4. The number of isothiocyanates is 1. The summed E-state index contributed by atoms with van der Waals surface area (Å²) in [5.41, 5.74) is 12.3. The Kier molecular flexibility index (Phi) is 25.5. The molecule has 462 valence electrons. The average Bonchev–Trinajstić information content (AvgIpc) is 1.77. The second-order valence-electron chi connectivity index (χ2n) is 20.6. The SMILES string of the molecule is CC(=O)NN.COc1ccc(-n2c(C)nnc2N2CCC3(CC2)OCc2ccccc23)cn1.COc1ccc(N=C=S)cn1.COc1ccc(NC(=S)N2CCC3(CC2)OCc2ccccc23)cn1.Cl.ClCCl.c1ccc2c(c1)COC21CCNCC1. The molecule has 13 rings (SSSR count). The maximum Gasteiger partial charge on any atom is 0.231 e. The summed E-state index contributed by atoms with van der Waals surface area (Å²) in [6.07, 6.45) is 11.1. The highest BCUT2D eigenvalue weighted by molar-refractivity contribution is 7.80. The van der Waals surface area contributed by atoms with Gasteiger partial charge in [-0.05, 0) is 135 Å². The van der Waals surface area contributed by atoms with E-state index in [4.69, 9.17) is 63.8 Å². The van der Waals surface area contributed by atoms with Gasteiger partial charge in [0.1, 0.15) is 5.82 Å². The van der Waals surface area contributed by atoms with Gasteiger partial charge in [-0.3, -0.25) is 14.8 Å². The Morgan fingerprint density at radius 1 is 0.678 bits per heavy atom. The molecule has 3 aromatic carbocycles. The monoisotopic (exact) mass is 1280 g/mol. The summed E-state index contributed by atoms with van der Waals surface area (Å²) < 4.78 is 35.7. The van der Waals surface area contributed by atoms with Crippen molar-refractivity contribution >= 4 is 93.5 Å². The molecular formula is C62H74Cl3N13O7S2. The third kappa shape index (κ3) is 17.0. The van der Waals surface area contributed by atoms with E-state index in [0.29, 0.717) is 29.9 Å². The number of methoxy groups -OCH3 is 3. The fraction of sp³-hybridized carbons (Fsp3) is 0.387. The van der Waals surface area contributed by atoms with Crippen molar-refractivity contribution in [2.45, 2.75) is 89.0 Å². The number of nitrogens with two attached hydrogens (primary N) is 1. The first-order chi connectivity index (χ1) is 41.9. The van der Waals surface area contributed by atoms with Crippen LogP contribution in [0.2, 0.25) is 0 Å². The van der Waals surface area contributed by atoms with Crippen LogP contribution < -0.4 is 41.0 Å². The van der Waals surface area contributed by atoms with Gasteiger partial charge in [-0.25, -0.2) is 20.8 Å². The molecule has 87 heavy (non-hydrogen) atoms. The van der Waals surface area contributed by atoms with Gasteiger partial charge < -0.3 is 48.9 Å². The van der Waals surface area contributed by atoms with Gasteiger partial charge in [-0.1, -0.05) is 72.8 Å². The van der Waals surface area contributed by atoms with E-state index in [1.807, 2.05) is 41.2 Å². The molecule has 0 bridgehead atoms. The minimum Gasteiger partial charge on any atom is -0.481 e. The lowest BCUT2D eigenvalue weighted by Crippen LogP contribution is -2.46. The van der Waals surface area contributed by atoms with Crippen molar-refractivity contribution in [3.05, 3.63) is 167 Å². The van der Waals surface area contributed by atoms with Crippen LogP contribution in [0.3, 0.4) is 0 Å². The van der Waals surface area contributed by atoms with Crippen LogP contribution >= 0.6 is 60.0 Å². The Balaban J connectivity index is 0.000000166. The van der Waals surface area contributed by atoms with Crippen molar-refractivity contribution < 1.29 is 33.2 Å². The van der Waals surface area contributed by atoms with Gasteiger partial charge in [-0.15, -0.1) is 45.8 Å². The highest BCUT2D eigenvalue weighted by Crippen LogP contribution is 2.46. The number of halogens is 3. The number of piperidine rings is 3. The summed E-state index contributed by atoms with van der Waals surface area (Å²) >= 11 is 19.5. The molecule has 7 aromatic rings. The molecule has 0 atom stereocenters. The van der Waals surface area contributed by atoms with Crippen molar-refractivity contribution in [1.29, 1.82) is 0 Å². The Hall–Kier alpha value is -6.92. The number of aromatic nitrogens is 6. The van der Waals surface area contributed by atoms with Crippen LogP contribution in [0.1, 0.15) is 84.7 Å². The van der Waals surface area contributed by atoms with E-state index >= 15 is 0 Å². The normalized spacial score (nSPS) is 16.4. The number of aryl methyl sites for hydroxylation is 1. The van der Waals surface area contributed by atoms with E-state index in [0.717, 1.165) is 119 Å². The molecule has 25 heteroatoms. The van der Waals surface area contributed by atoms with Gasteiger partial charge in [-0.2, -0.15) is 4.99 Å². The topological polar surface area (TPSA) is 223 Å². The van der Waals surface area contributed by atoms with Crippen LogP contribution in [0.4, 0.5) is 17.3 Å². The minimum absolute atomic E-state index is 0. The standard InChI is InChI=1S/C21H23N5O2.C19H21N3O2S.C12H15NO.C7H6N2OS.C2H6N2O.CH2Cl2.ClH/c1-15-23-24-20(26(15)17-7-8-19(27-2)22-13-17)25-11-9-21(10-12-25)18-6-4-3-5-16(18)14-28-21;1-23-17-7-6-15(12-20-17)21-18(25)22-10-8-19(9-11-22)16-5-3-2-4-14(16)13-24-19;1-2-4-11-10(3-1)9-14-12(11)5-7-13-8-6-12;1-10-7-3-2-6(4-8-7)9-5-11;1-2(5)4-3;2-1-3;/h3-8,13H,9-12,14H2,1-2H3;2-7,12H,8-11,13H2,1H3,(H,21,25);1-4,13H,5-9H2;2-4H,1H3;3H2,1H3,(H,4,5);1H2;1H. The summed E-state index contributed by atoms with van der Waals surface area (Å²) in [6.45, 7) is 11.2. The fourth-order valence-corrected chi connectivity index (χ4v) is 11.6. The predicted octanol–water partition coefficient (Wildman–Crippen LogP) is 10.8. The third-order valence-corrected chi connectivity index (χ3v) is 16.1. The lowest BCUT2D eigenvalue weighted by Gasteiger charge is -2.40. The predicted molar refractivity (Wildman–Crippen MR) is 348 cm³/mol. The van der Waals surface area contributed by atoms with Crippen molar-refractivity contribution in [3.8, 4) is 23.3 Å². The van der Waals surface area contributed by atoms with Crippen LogP contribution in [0, 0.1) is 6.92 Å². The van der Waals surface area contributed by atoms with E-state index in [9.17, 15) is 4.79 Å². The molecular weight excluding hydrogens is 1210 g/mol. The van der Waals surface area contributed by atoms with Crippen molar-refractivity contribution in [2.75, 3.05) is 76.2 Å². The van der Waals surface area contributed by atoms with E-state index in [-0.39, 0.29) is 40.5 Å². The first-order valence-electron chi connectivity index (χ1n) is 28.1. The summed E-state index contributed by atoms with van der Waals surface area (Å²) in [7, 11) is 4.78. The molecule has 0 saturated carbocycles. The molecule has 3 saturated heterocycles. The second kappa shape index (κ2) is 32.9. The molecule has 3 fully saturated rings.